The number of hydrogen-bond acceptors (Lipinski definition) is 4. The van der Waals surface area contributed by atoms with Crippen LogP contribution in [0.4, 0.5) is 4.79 Å². The lowest BCUT2D eigenvalue weighted by Crippen LogP contribution is -2.51. The molecular weight excluding hydrogens is 326 g/mol. The van der Waals surface area contributed by atoms with Gasteiger partial charge in [-0.2, -0.15) is 0 Å². The van der Waals surface area contributed by atoms with E-state index < -0.39 is 36.5 Å². The molecule has 2 aliphatic rings. The van der Waals surface area contributed by atoms with Crippen molar-refractivity contribution in [3.63, 3.8) is 0 Å². The van der Waals surface area contributed by atoms with Crippen molar-refractivity contribution in [2.45, 2.75) is 52.0 Å². The van der Waals surface area contributed by atoms with Crippen LogP contribution in [0.1, 0.15) is 46.5 Å². The van der Waals surface area contributed by atoms with Crippen LogP contribution in [0.15, 0.2) is 0 Å². The molecule has 8 heteroatoms. The summed E-state index contributed by atoms with van der Waals surface area (Å²) in [7, 11) is 1.33. The molecule has 4 amide bonds. The number of carbonyl (C=O) groups excluding carboxylic acids is 3. The van der Waals surface area contributed by atoms with Gasteiger partial charge < -0.3 is 15.3 Å². The van der Waals surface area contributed by atoms with Gasteiger partial charge in [-0.15, -0.1) is 0 Å². The van der Waals surface area contributed by atoms with E-state index in [2.05, 4.69) is 26.1 Å². The molecule has 0 bridgehead atoms. The normalized spacial score (nSPS) is 26.7. The average Bonchev–Trinajstić information content (AvgIpc) is 2.70. The minimum atomic E-state index is -1.15. The van der Waals surface area contributed by atoms with E-state index in [1.807, 2.05) is 0 Å². The van der Waals surface area contributed by atoms with Gasteiger partial charge in [-0.3, -0.25) is 19.3 Å². The first-order chi connectivity index (χ1) is 11.5. The predicted molar refractivity (Wildman–Crippen MR) is 89.7 cm³/mol. The van der Waals surface area contributed by atoms with E-state index in [0.717, 1.165) is 22.6 Å². The van der Waals surface area contributed by atoms with Crippen molar-refractivity contribution >= 4 is 23.8 Å². The van der Waals surface area contributed by atoms with Gasteiger partial charge in [-0.25, -0.2) is 4.79 Å². The van der Waals surface area contributed by atoms with Crippen molar-refractivity contribution in [1.29, 1.82) is 0 Å². The number of imide groups is 1. The van der Waals surface area contributed by atoms with Crippen molar-refractivity contribution in [1.82, 2.24) is 15.1 Å². The van der Waals surface area contributed by atoms with Gasteiger partial charge in [0.2, 0.25) is 5.91 Å². The monoisotopic (exact) mass is 353 g/mol. The number of nitrogens with one attached hydrogen (secondary N) is 1. The lowest BCUT2D eigenvalue weighted by molar-refractivity contribution is -0.144. The SMILES string of the molecule is CN(CC(=O)O)C(=O)CN1C(=O)NC2(CCC(C(C)(C)C)CC2)C1=O. The number of rotatable bonds is 4. The number of carboxylic acids is 1. The molecule has 1 saturated heterocycles. The zero-order valence-corrected chi connectivity index (χ0v) is 15.3. The van der Waals surface area contributed by atoms with E-state index in [0.29, 0.717) is 18.8 Å². The van der Waals surface area contributed by atoms with Crippen LogP contribution in [0, 0.1) is 11.3 Å². The standard InChI is InChI=1S/C17H27N3O5/c1-16(2,3)11-5-7-17(8-6-11)14(24)20(15(25)18-17)9-12(21)19(4)10-13(22)23/h11H,5-10H2,1-4H3,(H,18,25)(H,22,23). The maximum absolute atomic E-state index is 12.8. The topological polar surface area (TPSA) is 107 Å². The minimum Gasteiger partial charge on any atom is -0.480 e. The summed E-state index contributed by atoms with van der Waals surface area (Å²) in [5, 5.41) is 11.5. The summed E-state index contributed by atoms with van der Waals surface area (Å²) in [6.45, 7) is 5.62. The number of carbonyl (C=O) groups is 4. The van der Waals surface area contributed by atoms with Crippen LogP contribution in [0.25, 0.3) is 0 Å². The highest BCUT2D eigenvalue weighted by Crippen LogP contribution is 2.43. The zero-order valence-electron chi connectivity index (χ0n) is 15.3. The van der Waals surface area contributed by atoms with Gasteiger partial charge in [0.15, 0.2) is 0 Å². The molecule has 25 heavy (non-hydrogen) atoms. The Hall–Kier alpha value is -2.12. The third kappa shape index (κ3) is 3.93. The van der Waals surface area contributed by atoms with Crippen LogP contribution < -0.4 is 5.32 Å². The zero-order chi connectivity index (χ0) is 19.0. The van der Waals surface area contributed by atoms with Gasteiger partial charge in [0, 0.05) is 7.05 Å². The van der Waals surface area contributed by atoms with Gasteiger partial charge in [0.05, 0.1) is 0 Å². The van der Waals surface area contributed by atoms with E-state index in [1.165, 1.54) is 7.05 Å². The van der Waals surface area contributed by atoms with Crippen molar-refractivity contribution in [2.24, 2.45) is 11.3 Å². The molecule has 0 unspecified atom stereocenters. The number of nitrogens with zero attached hydrogens (tertiary/aromatic N) is 2. The van der Waals surface area contributed by atoms with Gasteiger partial charge in [0.1, 0.15) is 18.6 Å². The fraction of sp³-hybridized carbons (Fsp3) is 0.765. The number of urea groups is 1. The first-order valence-corrected chi connectivity index (χ1v) is 8.56. The molecule has 0 aromatic rings. The number of aliphatic carboxylic acids is 1. The molecule has 0 aromatic heterocycles. The fourth-order valence-corrected chi connectivity index (χ4v) is 3.68. The number of amides is 4. The van der Waals surface area contributed by atoms with E-state index in [1.54, 1.807) is 0 Å². The third-order valence-corrected chi connectivity index (χ3v) is 5.40. The Bertz CT molecular complexity index is 588. The van der Waals surface area contributed by atoms with Crippen LogP contribution in [-0.4, -0.2) is 64.4 Å². The van der Waals surface area contributed by atoms with E-state index in [-0.39, 0.29) is 11.3 Å². The lowest BCUT2D eigenvalue weighted by Gasteiger charge is -2.40. The lowest BCUT2D eigenvalue weighted by atomic mass is 9.67. The Morgan fingerprint density at radius 2 is 1.84 bits per heavy atom. The number of hydrogen-bond donors (Lipinski definition) is 2. The van der Waals surface area contributed by atoms with Gasteiger partial charge in [-0.1, -0.05) is 20.8 Å². The second kappa shape index (κ2) is 6.65. The summed E-state index contributed by atoms with van der Waals surface area (Å²) in [6, 6.07) is -0.573. The predicted octanol–water partition coefficient (Wildman–Crippen LogP) is 1.06. The molecule has 2 N–H and O–H groups in total. The Labute approximate surface area is 147 Å². The molecule has 0 radical (unpaired) electrons. The van der Waals surface area contributed by atoms with E-state index in [4.69, 9.17) is 5.11 Å². The minimum absolute atomic E-state index is 0.155. The van der Waals surface area contributed by atoms with Crippen LogP contribution in [-0.2, 0) is 14.4 Å². The highest BCUT2D eigenvalue weighted by molar-refractivity contribution is 6.09. The van der Waals surface area contributed by atoms with E-state index in [9.17, 15) is 19.2 Å². The van der Waals surface area contributed by atoms with Crippen molar-refractivity contribution in [3.8, 4) is 0 Å². The molecular formula is C17H27N3O5. The highest BCUT2D eigenvalue weighted by Gasteiger charge is 2.53. The first-order valence-electron chi connectivity index (χ1n) is 8.56. The fourth-order valence-electron chi connectivity index (χ4n) is 3.68. The molecule has 1 aliphatic carbocycles. The second-order valence-electron chi connectivity index (χ2n) is 8.19. The molecule has 140 valence electrons. The molecule has 1 saturated carbocycles. The third-order valence-electron chi connectivity index (χ3n) is 5.40. The summed E-state index contributed by atoms with van der Waals surface area (Å²) in [4.78, 5) is 49.7. The first kappa shape index (κ1) is 19.2. The van der Waals surface area contributed by atoms with Crippen molar-refractivity contribution in [3.05, 3.63) is 0 Å². The molecule has 2 rings (SSSR count). The molecule has 8 nitrogen and oxygen atoms in total. The summed E-state index contributed by atoms with van der Waals surface area (Å²) < 4.78 is 0. The highest BCUT2D eigenvalue weighted by atomic mass is 16.4. The molecule has 1 aliphatic heterocycles. The molecule has 0 atom stereocenters. The molecule has 1 spiro atoms. The van der Waals surface area contributed by atoms with Crippen LogP contribution >= 0.6 is 0 Å². The summed E-state index contributed by atoms with van der Waals surface area (Å²) in [5.41, 5.74) is -0.757. The number of likely N-dealkylation sites (N-methyl/N-ethyl adjacent to an activating group) is 1. The molecule has 0 aromatic carbocycles. The summed E-state index contributed by atoms with van der Waals surface area (Å²) in [6.07, 6.45) is 2.82. The number of carboxylic acid groups (broad SMARTS) is 1. The second-order valence-corrected chi connectivity index (χ2v) is 8.19. The van der Waals surface area contributed by atoms with Crippen LogP contribution in [0.5, 0.6) is 0 Å². The Morgan fingerprint density at radius 3 is 2.32 bits per heavy atom. The Balaban J connectivity index is 2.03. The van der Waals surface area contributed by atoms with Gasteiger partial charge in [0.25, 0.3) is 5.91 Å². The molecule has 2 fully saturated rings. The van der Waals surface area contributed by atoms with Gasteiger partial charge >= 0.3 is 12.0 Å². The summed E-state index contributed by atoms with van der Waals surface area (Å²) >= 11 is 0. The van der Waals surface area contributed by atoms with Crippen LogP contribution in [0.3, 0.4) is 0 Å². The van der Waals surface area contributed by atoms with Crippen LogP contribution in [0.2, 0.25) is 0 Å². The van der Waals surface area contributed by atoms with Crippen molar-refractivity contribution in [2.75, 3.05) is 20.1 Å². The maximum Gasteiger partial charge on any atom is 0.325 e. The maximum atomic E-state index is 12.8. The Kier molecular flexibility index (Phi) is 5.11. The quantitative estimate of drug-likeness (QED) is 0.735. The van der Waals surface area contributed by atoms with Gasteiger partial charge in [-0.05, 0) is 37.0 Å². The largest absolute Gasteiger partial charge is 0.480 e. The summed E-state index contributed by atoms with van der Waals surface area (Å²) in [5.74, 6) is -1.61. The molecule has 1 heterocycles. The average molecular weight is 353 g/mol. The van der Waals surface area contributed by atoms with Crippen molar-refractivity contribution < 1.29 is 24.3 Å². The Morgan fingerprint density at radius 1 is 1.28 bits per heavy atom. The smallest absolute Gasteiger partial charge is 0.325 e. The van der Waals surface area contributed by atoms with E-state index >= 15 is 0 Å².